The summed E-state index contributed by atoms with van der Waals surface area (Å²) in [6.07, 6.45) is -4.45. The second kappa shape index (κ2) is 8.16. The van der Waals surface area contributed by atoms with E-state index in [0.29, 0.717) is 11.3 Å². The van der Waals surface area contributed by atoms with E-state index in [1.54, 1.807) is 24.3 Å². The van der Waals surface area contributed by atoms with Gasteiger partial charge >= 0.3 is 6.18 Å². The standard InChI is InChI=1S/C18H14F3N3O2/c1-12(14-3-2-4-15(9-14)18(19,20)21)23-24-17(25)11-26-16-7-5-13(10-22)6-8-16/h2-9H,11H2,1H3,(H,24,25)/b23-12+. The average molecular weight is 361 g/mol. The summed E-state index contributed by atoms with van der Waals surface area (Å²) in [5.74, 6) is -0.168. The first-order chi connectivity index (χ1) is 12.3. The van der Waals surface area contributed by atoms with Gasteiger partial charge in [0.1, 0.15) is 5.75 Å². The molecule has 1 amide bonds. The van der Waals surface area contributed by atoms with Gasteiger partial charge in [-0.2, -0.15) is 23.5 Å². The number of carbonyl (C=O) groups is 1. The summed E-state index contributed by atoms with van der Waals surface area (Å²) in [6, 6.07) is 12.8. The molecule has 0 aliphatic heterocycles. The maximum Gasteiger partial charge on any atom is 0.416 e. The zero-order valence-electron chi connectivity index (χ0n) is 13.7. The van der Waals surface area contributed by atoms with Crippen molar-refractivity contribution >= 4 is 11.6 Å². The molecule has 0 atom stereocenters. The third-order valence-corrected chi connectivity index (χ3v) is 3.31. The first kappa shape index (κ1) is 19.0. The molecule has 8 heteroatoms. The van der Waals surface area contributed by atoms with Gasteiger partial charge in [0.2, 0.25) is 0 Å². The van der Waals surface area contributed by atoms with Gasteiger partial charge in [-0.15, -0.1) is 0 Å². The van der Waals surface area contributed by atoms with Gasteiger partial charge in [0.15, 0.2) is 6.61 Å². The predicted octanol–water partition coefficient (Wildman–Crippen LogP) is 3.50. The highest BCUT2D eigenvalue weighted by Crippen LogP contribution is 2.29. The number of nitrogens with zero attached hydrogens (tertiary/aromatic N) is 2. The Kier molecular flexibility index (Phi) is 5.96. The Bertz CT molecular complexity index is 853. The molecule has 0 bridgehead atoms. The third kappa shape index (κ3) is 5.34. The molecule has 0 radical (unpaired) electrons. The lowest BCUT2D eigenvalue weighted by Crippen LogP contribution is -2.25. The molecule has 0 fully saturated rings. The van der Waals surface area contributed by atoms with Gasteiger partial charge in [0, 0.05) is 0 Å². The fraction of sp³-hybridized carbons (Fsp3) is 0.167. The van der Waals surface area contributed by atoms with Gasteiger partial charge in [0.05, 0.1) is 22.9 Å². The highest BCUT2D eigenvalue weighted by Gasteiger charge is 2.30. The molecule has 0 aromatic heterocycles. The fourth-order valence-electron chi connectivity index (χ4n) is 1.94. The van der Waals surface area contributed by atoms with Gasteiger partial charge < -0.3 is 4.74 Å². The zero-order chi connectivity index (χ0) is 19.2. The molecule has 2 rings (SSSR count). The van der Waals surface area contributed by atoms with Crippen LogP contribution in [0.25, 0.3) is 0 Å². The van der Waals surface area contributed by atoms with E-state index >= 15 is 0 Å². The van der Waals surface area contributed by atoms with Crippen LogP contribution in [0.4, 0.5) is 13.2 Å². The van der Waals surface area contributed by atoms with Crippen LogP contribution in [0.1, 0.15) is 23.6 Å². The van der Waals surface area contributed by atoms with Crippen molar-refractivity contribution in [2.75, 3.05) is 6.61 Å². The smallest absolute Gasteiger partial charge is 0.416 e. The molecule has 0 saturated heterocycles. The number of nitrogens with one attached hydrogen (secondary N) is 1. The maximum absolute atomic E-state index is 12.7. The van der Waals surface area contributed by atoms with Crippen LogP contribution < -0.4 is 10.2 Å². The van der Waals surface area contributed by atoms with Crippen molar-refractivity contribution in [1.29, 1.82) is 5.26 Å². The van der Waals surface area contributed by atoms with Gasteiger partial charge in [0.25, 0.3) is 5.91 Å². The molecule has 0 spiro atoms. The first-order valence-corrected chi connectivity index (χ1v) is 7.43. The number of alkyl halides is 3. The largest absolute Gasteiger partial charge is 0.484 e. The Balaban J connectivity index is 1.93. The van der Waals surface area contributed by atoms with Crippen LogP contribution in [0.15, 0.2) is 53.6 Å². The Morgan fingerprint density at radius 2 is 1.92 bits per heavy atom. The molecular weight excluding hydrogens is 347 g/mol. The second-order valence-corrected chi connectivity index (χ2v) is 5.24. The van der Waals surface area contributed by atoms with Crippen molar-refractivity contribution in [3.63, 3.8) is 0 Å². The van der Waals surface area contributed by atoms with Crippen molar-refractivity contribution in [2.24, 2.45) is 5.10 Å². The number of hydrazone groups is 1. The van der Waals surface area contributed by atoms with Crippen molar-refractivity contribution in [1.82, 2.24) is 5.43 Å². The monoisotopic (exact) mass is 361 g/mol. The normalized spacial score (nSPS) is 11.6. The van der Waals surface area contributed by atoms with Crippen LogP contribution >= 0.6 is 0 Å². The molecule has 0 heterocycles. The number of amides is 1. The molecule has 2 aromatic carbocycles. The van der Waals surface area contributed by atoms with Crippen LogP contribution in [-0.2, 0) is 11.0 Å². The van der Waals surface area contributed by atoms with E-state index in [-0.39, 0.29) is 17.9 Å². The summed E-state index contributed by atoms with van der Waals surface area (Å²) < 4.78 is 43.4. The minimum atomic E-state index is -4.45. The molecule has 26 heavy (non-hydrogen) atoms. The number of nitriles is 1. The zero-order valence-corrected chi connectivity index (χ0v) is 13.7. The number of hydrogen-bond acceptors (Lipinski definition) is 4. The lowest BCUT2D eigenvalue weighted by molar-refractivity contribution is -0.137. The molecule has 1 N–H and O–H groups in total. The van der Waals surface area contributed by atoms with E-state index in [1.165, 1.54) is 19.1 Å². The van der Waals surface area contributed by atoms with Crippen LogP contribution in [0.2, 0.25) is 0 Å². The van der Waals surface area contributed by atoms with Gasteiger partial charge in [-0.3, -0.25) is 4.79 Å². The number of rotatable bonds is 5. The molecule has 0 aliphatic carbocycles. The van der Waals surface area contributed by atoms with E-state index in [1.807, 2.05) is 6.07 Å². The average Bonchev–Trinajstić information content (AvgIpc) is 2.64. The molecule has 134 valence electrons. The lowest BCUT2D eigenvalue weighted by atomic mass is 10.1. The number of ether oxygens (including phenoxy) is 1. The summed E-state index contributed by atoms with van der Waals surface area (Å²) >= 11 is 0. The summed E-state index contributed by atoms with van der Waals surface area (Å²) in [5, 5.41) is 12.5. The SMILES string of the molecule is C/C(=N\NC(=O)COc1ccc(C#N)cc1)c1cccc(C(F)(F)F)c1. The van der Waals surface area contributed by atoms with Crippen LogP contribution in [0.5, 0.6) is 5.75 Å². The highest BCUT2D eigenvalue weighted by atomic mass is 19.4. The van der Waals surface area contributed by atoms with E-state index in [0.717, 1.165) is 12.1 Å². The Labute approximate surface area is 147 Å². The topological polar surface area (TPSA) is 74.5 Å². The maximum atomic E-state index is 12.7. The molecule has 0 unspecified atom stereocenters. The van der Waals surface area contributed by atoms with Crippen LogP contribution in [0, 0.1) is 11.3 Å². The summed E-state index contributed by atoms with van der Waals surface area (Å²) in [5.41, 5.74) is 2.36. The number of carbonyl (C=O) groups excluding carboxylic acids is 1. The third-order valence-electron chi connectivity index (χ3n) is 3.31. The van der Waals surface area contributed by atoms with Crippen molar-refractivity contribution in [3.05, 3.63) is 65.2 Å². The van der Waals surface area contributed by atoms with Gasteiger partial charge in [-0.25, -0.2) is 5.43 Å². The van der Waals surface area contributed by atoms with Crippen molar-refractivity contribution < 1.29 is 22.7 Å². The second-order valence-electron chi connectivity index (χ2n) is 5.24. The van der Waals surface area contributed by atoms with Crippen molar-refractivity contribution in [3.8, 4) is 11.8 Å². The molecular formula is C18H14F3N3O2. The summed E-state index contributed by atoms with van der Waals surface area (Å²) in [6.45, 7) is 1.16. The van der Waals surface area contributed by atoms with Crippen molar-refractivity contribution in [2.45, 2.75) is 13.1 Å². The van der Waals surface area contributed by atoms with E-state index in [9.17, 15) is 18.0 Å². The van der Waals surface area contributed by atoms with E-state index < -0.39 is 17.6 Å². The first-order valence-electron chi connectivity index (χ1n) is 7.43. The Morgan fingerprint density at radius 3 is 2.54 bits per heavy atom. The number of hydrogen-bond donors (Lipinski definition) is 1. The van der Waals surface area contributed by atoms with E-state index in [4.69, 9.17) is 10.00 Å². The minimum absolute atomic E-state index is 0.225. The summed E-state index contributed by atoms with van der Waals surface area (Å²) in [7, 11) is 0. The van der Waals surface area contributed by atoms with Gasteiger partial charge in [-0.05, 0) is 48.9 Å². The van der Waals surface area contributed by atoms with Crippen LogP contribution in [0.3, 0.4) is 0 Å². The highest BCUT2D eigenvalue weighted by molar-refractivity contribution is 5.99. The lowest BCUT2D eigenvalue weighted by Gasteiger charge is -2.09. The molecule has 0 aliphatic rings. The predicted molar refractivity (Wildman–Crippen MR) is 88.4 cm³/mol. The Hall–Kier alpha value is -3.34. The number of halogens is 3. The van der Waals surface area contributed by atoms with Gasteiger partial charge in [-0.1, -0.05) is 12.1 Å². The molecule has 2 aromatic rings. The fourth-order valence-corrected chi connectivity index (χ4v) is 1.94. The number of benzene rings is 2. The molecule has 5 nitrogen and oxygen atoms in total. The Morgan fingerprint density at radius 1 is 1.23 bits per heavy atom. The van der Waals surface area contributed by atoms with E-state index in [2.05, 4.69) is 10.5 Å². The van der Waals surface area contributed by atoms with Crippen LogP contribution in [-0.4, -0.2) is 18.2 Å². The quantitative estimate of drug-likeness (QED) is 0.654. The molecule has 0 saturated carbocycles. The minimum Gasteiger partial charge on any atom is -0.484 e. The summed E-state index contributed by atoms with van der Waals surface area (Å²) in [4.78, 5) is 11.7.